The Labute approximate surface area is 159 Å². The zero-order valence-corrected chi connectivity index (χ0v) is 16.0. The molecule has 0 radical (unpaired) electrons. The first-order valence-electron chi connectivity index (χ1n) is 7.57. The number of rotatable bonds is 3. The molecule has 0 unspecified atom stereocenters. The topological polar surface area (TPSA) is 49.4 Å². The van der Waals surface area contributed by atoms with Crippen LogP contribution in [0.25, 0.3) is 0 Å². The van der Waals surface area contributed by atoms with E-state index in [1.165, 1.54) is 0 Å². The van der Waals surface area contributed by atoms with Crippen molar-refractivity contribution in [3.63, 3.8) is 0 Å². The predicted molar refractivity (Wildman–Crippen MR) is 104 cm³/mol. The zero-order chi connectivity index (χ0) is 17.3. The van der Waals surface area contributed by atoms with Crippen LogP contribution in [0.1, 0.15) is 12.0 Å². The summed E-state index contributed by atoms with van der Waals surface area (Å²) in [4.78, 5) is 26.3. The van der Waals surface area contributed by atoms with Crippen molar-refractivity contribution in [2.75, 3.05) is 16.8 Å². The van der Waals surface area contributed by atoms with E-state index in [1.54, 1.807) is 11.0 Å². The molecule has 3 rings (SSSR count). The maximum Gasteiger partial charge on any atom is 0.229 e. The minimum absolute atomic E-state index is 0.0577. The molecule has 1 saturated heterocycles. The second-order valence-electron chi connectivity index (χ2n) is 5.84. The first-order chi connectivity index (χ1) is 11.4. The molecule has 0 bridgehead atoms. The Bertz CT molecular complexity index is 792. The van der Waals surface area contributed by atoms with Crippen LogP contribution >= 0.6 is 34.2 Å². The Kier molecular flexibility index (Phi) is 5.10. The van der Waals surface area contributed by atoms with Gasteiger partial charge in [0, 0.05) is 32.9 Å². The second kappa shape index (κ2) is 7.11. The molecule has 1 heterocycles. The van der Waals surface area contributed by atoms with Crippen LogP contribution in [0.4, 0.5) is 11.4 Å². The number of benzene rings is 2. The van der Waals surface area contributed by atoms with Gasteiger partial charge < -0.3 is 10.2 Å². The van der Waals surface area contributed by atoms with Crippen LogP contribution in [0.15, 0.2) is 42.5 Å². The van der Waals surface area contributed by atoms with Crippen molar-refractivity contribution >= 4 is 57.4 Å². The van der Waals surface area contributed by atoms with Crippen LogP contribution in [0, 0.1) is 16.4 Å². The lowest BCUT2D eigenvalue weighted by molar-refractivity contribution is -0.122. The van der Waals surface area contributed by atoms with E-state index in [2.05, 4.69) is 27.9 Å². The standard InChI is InChI=1S/C18H16ClIN2O2/c1-11-2-7-15(9-16(11)19)22-10-12(8-17(22)23)18(24)21-14-5-3-13(20)4-6-14/h2-7,9,12H,8,10H2,1H3,(H,21,24)/t12-/m0/s1. The fourth-order valence-corrected chi connectivity index (χ4v) is 3.19. The minimum Gasteiger partial charge on any atom is -0.326 e. The summed E-state index contributed by atoms with van der Waals surface area (Å²) in [5, 5.41) is 3.49. The lowest BCUT2D eigenvalue weighted by atomic mass is 10.1. The van der Waals surface area contributed by atoms with Gasteiger partial charge in [-0.3, -0.25) is 9.59 Å². The Hall–Kier alpha value is -1.60. The zero-order valence-electron chi connectivity index (χ0n) is 13.1. The van der Waals surface area contributed by atoms with Gasteiger partial charge in [0.2, 0.25) is 11.8 Å². The van der Waals surface area contributed by atoms with Crippen molar-refractivity contribution in [2.24, 2.45) is 5.92 Å². The molecule has 1 aliphatic heterocycles. The number of carbonyl (C=O) groups excluding carboxylic acids is 2. The van der Waals surface area contributed by atoms with E-state index in [9.17, 15) is 9.59 Å². The summed E-state index contributed by atoms with van der Waals surface area (Å²) < 4.78 is 1.10. The van der Waals surface area contributed by atoms with Crippen molar-refractivity contribution in [1.29, 1.82) is 0 Å². The molecule has 2 amide bonds. The largest absolute Gasteiger partial charge is 0.326 e. The third-order valence-corrected chi connectivity index (χ3v) is 5.20. The van der Waals surface area contributed by atoms with E-state index in [0.29, 0.717) is 11.6 Å². The molecule has 1 atom stereocenters. The lowest BCUT2D eigenvalue weighted by Gasteiger charge is -2.17. The number of anilines is 2. The van der Waals surface area contributed by atoms with Crippen molar-refractivity contribution < 1.29 is 9.59 Å². The molecule has 4 nitrogen and oxygen atoms in total. The highest BCUT2D eigenvalue weighted by Gasteiger charge is 2.35. The third kappa shape index (κ3) is 3.72. The fraction of sp³-hybridized carbons (Fsp3) is 0.222. The average Bonchev–Trinajstić information content (AvgIpc) is 2.94. The van der Waals surface area contributed by atoms with Crippen molar-refractivity contribution in [2.45, 2.75) is 13.3 Å². The summed E-state index contributed by atoms with van der Waals surface area (Å²) in [5.74, 6) is -0.556. The van der Waals surface area contributed by atoms with Gasteiger partial charge in [-0.25, -0.2) is 0 Å². The summed E-state index contributed by atoms with van der Waals surface area (Å²) in [6.45, 7) is 2.28. The number of halogens is 2. The molecule has 124 valence electrons. The van der Waals surface area contributed by atoms with Gasteiger partial charge >= 0.3 is 0 Å². The summed E-state index contributed by atoms with van der Waals surface area (Å²) in [6, 6.07) is 13.1. The Morgan fingerprint density at radius 3 is 2.62 bits per heavy atom. The highest BCUT2D eigenvalue weighted by molar-refractivity contribution is 14.1. The third-order valence-electron chi connectivity index (χ3n) is 4.07. The molecule has 0 saturated carbocycles. The van der Waals surface area contributed by atoms with Crippen LogP contribution in [-0.4, -0.2) is 18.4 Å². The Morgan fingerprint density at radius 2 is 1.96 bits per heavy atom. The van der Waals surface area contributed by atoms with Gasteiger partial charge in [-0.2, -0.15) is 0 Å². The molecule has 2 aromatic carbocycles. The fourth-order valence-electron chi connectivity index (χ4n) is 2.66. The quantitative estimate of drug-likeness (QED) is 0.705. The first kappa shape index (κ1) is 17.2. The second-order valence-corrected chi connectivity index (χ2v) is 7.49. The van der Waals surface area contributed by atoms with Gasteiger partial charge in [-0.05, 0) is 71.5 Å². The molecular weight excluding hydrogens is 439 g/mol. The lowest BCUT2D eigenvalue weighted by Crippen LogP contribution is -2.28. The Morgan fingerprint density at radius 1 is 1.25 bits per heavy atom. The van der Waals surface area contributed by atoms with Gasteiger partial charge in [0.1, 0.15) is 0 Å². The molecule has 0 spiro atoms. The van der Waals surface area contributed by atoms with E-state index in [-0.39, 0.29) is 24.2 Å². The number of hydrogen-bond acceptors (Lipinski definition) is 2. The predicted octanol–water partition coefficient (Wildman–Crippen LogP) is 4.24. The molecule has 24 heavy (non-hydrogen) atoms. The number of nitrogens with zero attached hydrogens (tertiary/aromatic N) is 1. The van der Waals surface area contributed by atoms with Crippen molar-refractivity contribution in [3.05, 3.63) is 56.6 Å². The minimum atomic E-state index is -0.364. The SMILES string of the molecule is Cc1ccc(N2C[C@@H](C(=O)Nc3ccc(I)cc3)CC2=O)cc1Cl. The van der Waals surface area contributed by atoms with Crippen LogP contribution in [0.3, 0.4) is 0 Å². The number of hydrogen-bond donors (Lipinski definition) is 1. The number of carbonyl (C=O) groups is 2. The summed E-state index contributed by atoms with van der Waals surface area (Å²) in [6.07, 6.45) is 0.210. The molecule has 0 aromatic heterocycles. The molecule has 6 heteroatoms. The van der Waals surface area contributed by atoms with Gasteiger partial charge in [0.15, 0.2) is 0 Å². The van der Waals surface area contributed by atoms with Crippen molar-refractivity contribution in [3.8, 4) is 0 Å². The number of amides is 2. The summed E-state index contributed by atoms with van der Waals surface area (Å²) in [5.41, 5.74) is 2.44. The van der Waals surface area contributed by atoms with E-state index in [4.69, 9.17) is 11.6 Å². The average molecular weight is 455 g/mol. The highest BCUT2D eigenvalue weighted by atomic mass is 127. The smallest absolute Gasteiger partial charge is 0.229 e. The maximum absolute atomic E-state index is 12.4. The molecule has 0 aliphatic carbocycles. The number of aryl methyl sites for hydroxylation is 1. The van der Waals surface area contributed by atoms with E-state index >= 15 is 0 Å². The molecular formula is C18H16ClIN2O2. The highest BCUT2D eigenvalue weighted by Crippen LogP contribution is 2.29. The van der Waals surface area contributed by atoms with Crippen LogP contribution in [0.5, 0.6) is 0 Å². The molecule has 1 aliphatic rings. The number of nitrogens with one attached hydrogen (secondary N) is 1. The van der Waals surface area contributed by atoms with E-state index in [0.717, 1.165) is 20.5 Å². The van der Waals surface area contributed by atoms with Crippen LogP contribution < -0.4 is 10.2 Å². The van der Waals surface area contributed by atoms with E-state index in [1.807, 2.05) is 43.3 Å². The molecule has 1 N–H and O–H groups in total. The van der Waals surface area contributed by atoms with Gasteiger partial charge in [-0.15, -0.1) is 0 Å². The van der Waals surface area contributed by atoms with Gasteiger partial charge in [0.25, 0.3) is 0 Å². The Balaban J connectivity index is 1.70. The van der Waals surface area contributed by atoms with Crippen LogP contribution in [-0.2, 0) is 9.59 Å². The van der Waals surface area contributed by atoms with E-state index < -0.39 is 0 Å². The van der Waals surface area contributed by atoms with Gasteiger partial charge in [-0.1, -0.05) is 17.7 Å². The van der Waals surface area contributed by atoms with Crippen molar-refractivity contribution in [1.82, 2.24) is 0 Å². The van der Waals surface area contributed by atoms with Gasteiger partial charge in [0.05, 0.1) is 5.92 Å². The summed E-state index contributed by atoms with van der Waals surface area (Å²) >= 11 is 8.35. The summed E-state index contributed by atoms with van der Waals surface area (Å²) in [7, 11) is 0. The molecule has 1 fully saturated rings. The maximum atomic E-state index is 12.4. The monoisotopic (exact) mass is 454 g/mol. The molecule has 2 aromatic rings. The normalized spacial score (nSPS) is 17.2. The first-order valence-corrected chi connectivity index (χ1v) is 9.02. The van der Waals surface area contributed by atoms with Crippen LogP contribution in [0.2, 0.25) is 5.02 Å².